The third-order valence-electron chi connectivity index (χ3n) is 3.50. The number of ketones is 1. The number of Topliss-reactive ketones (excluding diaryl/α,β-unsaturated/α-hetero) is 1. The molecule has 0 saturated heterocycles. The topological polar surface area (TPSA) is 58.2 Å². The highest BCUT2D eigenvalue weighted by Gasteiger charge is 2.10. The fourth-order valence-corrected chi connectivity index (χ4v) is 2.16. The molecule has 0 bridgehead atoms. The molecule has 2 N–H and O–H groups in total. The van der Waals surface area contributed by atoms with Crippen LogP contribution in [0.25, 0.3) is 0 Å². The molecular weight excluding hydrogens is 288 g/mol. The van der Waals surface area contributed by atoms with Gasteiger partial charge in [0.05, 0.1) is 0 Å². The molecule has 1 amide bonds. The lowest BCUT2D eigenvalue weighted by molar-refractivity contribution is 0.0936. The molecule has 1 atom stereocenters. The fourth-order valence-electron chi connectivity index (χ4n) is 2.16. The molecule has 0 heterocycles. The summed E-state index contributed by atoms with van der Waals surface area (Å²) >= 11 is 0. The summed E-state index contributed by atoms with van der Waals surface area (Å²) in [6.07, 6.45) is 4.45. The van der Waals surface area contributed by atoms with Crippen LogP contribution in [0.2, 0.25) is 0 Å². The number of benzene rings is 1. The highest BCUT2D eigenvalue weighted by molar-refractivity contribution is 5.97. The van der Waals surface area contributed by atoms with Gasteiger partial charge < -0.3 is 10.6 Å². The summed E-state index contributed by atoms with van der Waals surface area (Å²) in [7, 11) is 1.96. The Kier molecular flexibility index (Phi) is 11.9. The van der Waals surface area contributed by atoms with Crippen LogP contribution in [0, 0.1) is 0 Å². The monoisotopic (exact) mass is 320 g/mol. The van der Waals surface area contributed by atoms with Crippen LogP contribution in [-0.4, -0.2) is 31.3 Å². The van der Waals surface area contributed by atoms with E-state index in [0.29, 0.717) is 11.1 Å². The maximum absolute atomic E-state index is 12.1. The summed E-state index contributed by atoms with van der Waals surface area (Å²) < 4.78 is 0. The molecule has 1 aromatic rings. The predicted molar refractivity (Wildman–Crippen MR) is 97.1 cm³/mol. The van der Waals surface area contributed by atoms with Crippen molar-refractivity contribution in [3.05, 3.63) is 35.4 Å². The molecular formula is C19H32N2O2. The van der Waals surface area contributed by atoms with Gasteiger partial charge in [-0.1, -0.05) is 38.8 Å². The van der Waals surface area contributed by atoms with Crippen LogP contribution < -0.4 is 10.6 Å². The van der Waals surface area contributed by atoms with Crippen LogP contribution in [0.5, 0.6) is 0 Å². The van der Waals surface area contributed by atoms with Crippen LogP contribution in [0.4, 0.5) is 0 Å². The van der Waals surface area contributed by atoms with Crippen molar-refractivity contribution in [1.29, 1.82) is 0 Å². The first-order chi connectivity index (χ1) is 11.0. The van der Waals surface area contributed by atoms with E-state index in [1.807, 2.05) is 27.8 Å². The molecule has 0 aliphatic carbocycles. The number of hydrogen-bond acceptors (Lipinski definition) is 3. The minimum Gasteiger partial charge on any atom is -0.350 e. The van der Waals surface area contributed by atoms with Crippen molar-refractivity contribution < 1.29 is 9.59 Å². The molecule has 1 rings (SSSR count). The van der Waals surface area contributed by atoms with Gasteiger partial charge >= 0.3 is 0 Å². The summed E-state index contributed by atoms with van der Waals surface area (Å²) in [5.41, 5.74) is 1.23. The second-order valence-electron chi connectivity index (χ2n) is 5.46. The largest absolute Gasteiger partial charge is 0.350 e. The maximum atomic E-state index is 12.1. The summed E-state index contributed by atoms with van der Waals surface area (Å²) in [5, 5.41) is 6.12. The maximum Gasteiger partial charge on any atom is 0.251 e. The number of carbonyl (C=O) groups is 2. The van der Waals surface area contributed by atoms with Gasteiger partial charge in [-0.15, -0.1) is 0 Å². The highest BCUT2D eigenvalue weighted by atomic mass is 16.1. The van der Waals surface area contributed by atoms with Gasteiger partial charge in [-0.2, -0.15) is 0 Å². The number of unbranched alkanes of at least 4 members (excludes halogenated alkanes) is 2. The lowest BCUT2D eigenvalue weighted by Crippen LogP contribution is -2.32. The van der Waals surface area contributed by atoms with Gasteiger partial charge in [0.25, 0.3) is 5.91 Å². The minimum atomic E-state index is -0.0761. The van der Waals surface area contributed by atoms with Gasteiger partial charge in [0.2, 0.25) is 0 Å². The summed E-state index contributed by atoms with van der Waals surface area (Å²) in [6.45, 7) is 8.59. The lowest BCUT2D eigenvalue weighted by Gasteiger charge is -2.14. The first-order valence-corrected chi connectivity index (χ1v) is 8.61. The smallest absolute Gasteiger partial charge is 0.251 e. The van der Waals surface area contributed by atoms with Gasteiger partial charge in [-0.25, -0.2) is 0 Å². The minimum absolute atomic E-state index is 0.0110. The van der Waals surface area contributed by atoms with Crippen LogP contribution in [-0.2, 0) is 0 Å². The predicted octanol–water partition coefficient (Wildman–Crippen LogP) is 3.81. The molecule has 4 nitrogen and oxygen atoms in total. The van der Waals surface area contributed by atoms with Gasteiger partial charge in [-0.3, -0.25) is 9.59 Å². The van der Waals surface area contributed by atoms with Crippen molar-refractivity contribution in [2.45, 2.75) is 59.4 Å². The molecule has 4 heteroatoms. The van der Waals surface area contributed by atoms with Crippen LogP contribution in [0.15, 0.2) is 24.3 Å². The van der Waals surface area contributed by atoms with E-state index < -0.39 is 0 Å². The highest BCUT2D eigenvalue weighted by Crippen LogP contribution is 2.07. The van der Waals surface area contributed by atoms with E-state index in [4.69, 9.17) is 0 Å². The summed E-state index contributed by atoms with van der Waals surface area (Å²) in [5.74, 6) is -0.0651. The molecule has 130 valence electrons. The van der Waals surface area contributed by atoms with E-state index in [9.17, 15) is 9.59 Å². The fraction of sp³-hybridized carbons (Fsp3) is 0.579. The van der Waals surface area contributed by atoms with E-state index >= 15 is 0 Å². The first-order valence-electron chi connectivity index (χ1n) is 8.61. The lowest BCUT2D eigenvalue weighted by atomic mass is 10.1. The number of rotatable bonds is 9. The van der Waals surface area contributed by atoms with Crippen molar-refractivity contribution in [3.63, 3.8) is 0 Å². The standard InChI is InChI=1S/C17H26N2O2.C2H6/c1-13(7-5-4-6-12-18-3)19-17(21)16-10-8-15(9-11-16)14(2)20;1-2/h8-11,13,18H,4-7,12H2,1-3H3,(H,19,21);1-2H3. The number of hydrogen-bond donors (Lipinski definition) is 2. The van der Waals surface area contributed by atoms with E-state index in [-0.39, 0.29) is 17.7 Å². The molecule has 0 spiro atoms. The molecule has 0 aliphatic rings. The third-order valence-corrected chi connectivity index (χ3v) is 3.50. The van der Waals surface area contributed by atoms with Crippen molar-refractivity contribution in [2.75, 3.05) is 13.6 Å². The summed E-state index contributed by atoms with van der Waals surface area (Å²) in [6, 6.07) is 6.95. The van der Waals surface area contributed by atoms with Crippen LogP contribution >= 0.6 is 0 Å². The molecule has 0 fully saturated rings. The van der Waals surface area contributed by atoms with Gasteiger partial charge in [0.1, 0.15) is 0 Å². The zero-order valence-electron chi connectivity index (χ0n) is 15.2. The molecule has 0 radical (unpaired) electrons. The Morgan fingerprint density at radius 1 is 1.00 bits per heavy atom. The Hall–Kier alpha value is -1.68. The second-order valence-corrected chi connectivity index (χ2v) is 5.46. The zero-order valence-corrected chi connectivity index (χ0v) is 15.2. The third kappa shape index (κ3) is 9.14. The molecule has 0 saturated carbocycles. The van der Waals surface area contributed by atoms with E-state index in [1.54, 1.807) is 24.3 Å². The summed E-state index contributed by atoms with van der Waals surface area (Å²) in [4.78, 5) is 23.3. The van der Waals surface area contributed by atoms with E-state index in [2.05, 4.69) is 10.6 Å². The Bertz CT molecular complexity index is 455. The molecule has 0 aliphatic heterocycles. The normalized spacial score (nSPS) is 11.2. The van der Waals surface area contributed by atoms with Gasteiger partial charge in [-0.05, 0) is 52.4 Å². The Balaban J connectivity index is 0.00000232. The average molecular weight is 320 g/mol. The Morgan fingerprint density at radius 2 is 1.57 bits per heavy atom. The van der Waals surface area contributed by atoms with Gasteiger partial charge in [0, 0.05) is 17.2 Å². The van der Waals surface area contributed by atoms with Crippen molar-refractivity contribution in [2.24, 2.45) is 0 Å². The second kappa shape index (κ2) is 12.8. The quantitative estimate of drug-likeness (QED) is 0.537. The average Bonchev–Trinajstić information content (AvgIpc) is 2.56. The van der Waals surface area contributed by atoms with Crippen molar-refractivity contribution in [3.8, 4) is 0 Å². The van der Waals surface area contributed by atoms with Crippen molar-refractivity contribution in [1.82, 2.24) is 10.6 Å². The number of carbonyl (C=O) groups excluding carboxylic acids is 2. The number of amides is 1. The van der Waals surface area contributed by atoms with Crippen LogP contribution in [0.3, 0.4) is 0 Å². The van der Waals surface area contributed by atoms with Gasteiger partial charge in [0.15, 0.2) is 5.78 Å². The molecule has 0 aromatic heterocycles. The van der Waals surface area contributed by atoms with E-state index in [0.717, 1.165) is 19.4 Å². The zero-order chi connectivity index (χ0) is 17.7. The number of nitrogens with one attached hydrogen (secondary N) is 2. The van der Waals surface area contributed by atoms with E-state index in [1.165, 1.54) is 19.8 Å². The van der Waals surface area contributed by atoms with Crippen molar-refractivity contribution >= 4 is 11.7 Å². The first kappa shape index (κ1) is 21.3. The Morgan fingerprint density at radius 3 is 2.09 bits per heavy atom. The Labute approximate surface area is 141 Å². The SMILES string of the molecule is CC.CNCCCCCC(C)NC(=O)c1ccc(C(C)=O)cc1. The molecule has 23 heavy (non-hydrogen) atoms. The van der Waals surface area contributed by atoms with Crippen LogP contribution in [0.1, 0.15) is 74.1 Å². The molecule has 1 unspecified atom stereocenters. The molecule has 1 aromatic carbocycles.